The predicted molar refractivity (Wildman–Crippen MR) is 86.0 cm³/mol. The molecule has 22 heavy (non-hydrogen) atoms. The molecule has 0 fully saturated rings. The summed E-state index contributed by atoms with van der Waals surface area (Å²) in [5, 5.41) is 13.2. The van der Waals surface area contributed by atoms with Gasteiger partial charge in [-0.1, -0.05) is 31.5 Å². The molecule has 1 aromatic carbocycles. The Hall–Kier alpha value is -2.01. The van der Waals surface area contributed by atoms with E-state index in [1.54, 1.807) is 16.8 Å². The first-order valence-corrected chi connectivity index (χ1v) is 7.51. The van der Waals surface area contributed by atoms with E-state index in [1.807, 2.05) is 32.0 Å². The third kappa shape index (κ3) is 3.80. The zero-order chi connectivity index (χ0) is 16.3. The molecular weight excluding hydrogens is 304 g/mol. The summed E-state index contributed by atoms with van der Waals surface area (Å²) in [5.74, 6) is -1.15. The maximum absolute atomic E-state index is 12.1. The molecule has 1 atom stereocenters. The van der Waals surface area contributed by atoms with Gasteiger partial charge in [0, 0.05) is 22.1 Å². The summed E-state index contributed by atoms with van der Waals surface area (Å²) in [4.78, 5) is 23.3. The van der Waals surface area contributed by atoms with Gasteiger partial charge in [-0.25, -0.2) is 4.79 Å². The number of hydrogen-bond donors (Lipinski definition) is 2. The van der Waals surface area contributed by atoms with Crippen LogP contribution in [0.5, 0.6) is 0 Å². The number of rotatable bonds is 6. The van der Waals surface area contributed by atoms with Crippen molar-refractivity contribution < 1.29 is 14.7 Å². The van der Waals surface area contributed by atoms with Gasteiger partial charge in [-0.15, -0.1) is 0 Å². The van der Waals surface area contributed by atoms with Crippen molar-refractivity contribution in [1.82, 2.24) is 9.88 Å². The number of nitrogens with zero attached hydrogens (tertiary/aromatic N) is 1. The Morgan fingerprint density at radius 2 is 2.05 bits per heavy atom. The lowest BCUT2D eigenvalue weighted by atomic mass is 10.0. The van der Waals surface area contributed by atoms with E-state index in [4.69, 9.17) is 16.7 Å². The molecule has 0 aliphatic heterocycles. The number of amides is 1. The molecule has 0 unspecified atom stereocenters. The number of hydrogen-bond acceptors (Lipinski definition) is 2. The number of halogens is 1. The van der Waals surface area contributed by atoms with Gasteiger partial charge in [0.1, 0.15) is 12.6 Å². The Labute approximate surface area is 133 Å². The second-order valence-corrected chi connectivity index (χ2v) is 6.11. The van der Waals surface area contributed by atoms with Gasteiger partial charge in [0.2, 0.25) is 5.91 Å². The van der Waals surface area contributed by atoms with E-state index < -0.39 is 12.0 Å². The van der Waals surface area contributed by atoms with Crippen LogP contribution in [0, 0.1) is 5.92 Å². The molecule has 0 saturated heterocycles. The van der Waals surface area contributed by atoms with Crippen LogP contribution in [0.3, 0.4) is 0 Å². The average molecular weight is 323 g/mol. The minimum atomic E-state index is -1.01. The molecule has 0 saturated carbocycles. The monoisotopic (exact) mass is 322 g/mol. The van der Waals surface area contributed by atoms with Crippen molar-refractivity contribution >= 4 is 34.4 Å². The van der Waals surface area contributed by atoms with Crippen LogP contribution in [0.25, 0.3) is 10.9 Å². The minimum Gasteiger partial charge on any atom is -0.480 e. The predicted octanol–water partition coefficient (Wildman–Crippen LogP) is 2.91. The Morgan fingerprint density at radius 1 is 1.32 bits per heavy atom. The molecule has 1 aromatic heterocycles. The van der Waals surface area contributed by atoms with Crippen LogP contribution in [0.4, 0.5) is 0 Å². The van der Waals surface area contributed by atoms with Crippen molar-refractivity contribution in [2.24, 2.45) is 5.92 Å². The Morgan fingerprint density at radius 3 is 2.68 bits per heavy atom. The highest BCUT2D eigenvalue weighted by Gasteiger charge is 2.21. The fourth-order valence-corrected chi connectivity index (χ4v) is 2.64. The molecule has 1 amide bonds. The normalized spacial score (nSPS) is 12.5. The van der Waals surface area contributed by atoms with Gasteiger partial charge in [0.05, 0.1) is 0 Å². The van der Waals surface area contributed by atoms with Crippen LogP contribution in [-0.2, 0) is 16.1 Å². The standard InChI is InChI=1S/C16H19ClN2O3/c1-10(2)8-13(16(21)22)18-15(20)9-19-7-6-11-12(17)4-3-5-14(11)19/h3-7,10,13H,8-9H2,1-2H3,(H,18,20)(H,21,22)/t13-/m1/s1. The number of carbonyl (C=O) groups excluding carboxylic acids is 1. The molecule has 6 heteroatoms. The van der Waals surface area contributed by atoms with Crippen LogP contribution in [-0.4, -0.2) is 27.6 Å². The number of carboxylic acids is 1. The zero-order valence-corrected chi connectivity index (χ0v) is 13.3. The number of fused-ring (bicyclic) bond motifs is 1. The SMILES string of the molecule is CC(C)C[C@@H](NC(=O)Cn1ccc2c(Cl)cccc21)C(=O)O. The molecule has 0 radical (unpaired) electrons. The van der Waals surface area contributed by atoms with Gasteiger partial charge in [-0.05, 0) is 30.5 Å². The van der Waals surface area contributed by atoms with Crippen LogP contribution >= 0.6 is 11.6 Å². The molecule has 0 bridgehead atoms. The first-order chi connectivity index (χ1) is 10.4. The molecule has 2 N–H and O–H groups in total. The highest BCUT2D eigenvalue weighted by Crippen LogP contribution is 2.24. The summed E-state index contributed by atoms with van der Waals surface area (Å²) in [5.41, 5.74) is 0.846. The number of carboxylic acid groups (broad SMARTS) is 1. The first-order valence-electron chi connectivity index (χ1n) is 7.14. The van der Waals surface area contributed by atoms with Crippen LogP contribution in [0.2, 0.25) is 5.02 Å². The number of aliphatic carboxylic acids is 1. The summed E-state index contributed by atoms with van der Waals surface area (Å²) in [6.45, 7) is 3.90. The van der Waals surface area contributed by atoms with Gasteiger partial charge in [-0.2, -0.15) is 0 Å². The van der Waals surface area contributed by atoms with Crippen molar-refractivity contribution in [3.8, 4) is 0 Å². The molecule has 0 aliphatic rings. The summed E-state index contributed by atoms with van der Waals surface area (Å²) >= 11 is 6.10. The molecule has 118 valence electrons. The Kier molecular flexibility index (Phi) is 5.08. The smallest absolute Gasteiger partial charge is 0.326 e. The van der Waals surface area contributed by atoms with Gasteiger partial charge < -0.3 is 15.0 Å². The molecule has 1 heterocycles. The summed E-state index contributed by atoms with van der Waals surface area (Å²) in [7, 11) is 0. The second-order valence-electron chi connectivity index (χ2n) is 5.70. The highest BCUT2D eigenvalue weighted by atomic mass is 35.5. The van der Waals surface area contributed by atoms with Crippen molar-refractivity contribution in [3.05, 3.63) is 35.5 Å². The second kappa shape index (κ2) is 6.83. The molecule has 5 nitrogen and oxygen atoms in total. The van der Waals surface area contributed by atoms with Crippen LogP contribution in [0.1, 0.15) is 20.3 Å². The number of nitrogens with one attached hydrogen (secondary N) is 1. The third-order valence-corrected chi connectivity index (χ3v) is 3.74. The molecular formula is C16H19ClN2O3. The van der Waals surface area contributed by atoms with E-state index in [9.17, 15) is 9.59 Å². The van der Waals surface area contributed by atoms with Gasteiger partial charge >= 0.3 is 5.97 Å². The molecule has 0 aliphatic carbocycles. The lowest BCUT2D eigenvalue weighted by molar-refractivity contribution is -0.142. The van der Waals surface area contributed by atoms with E-state index in [0.717, 1.165) is 10.9 Å². The van der Waals surface area contributed by atoms with E-state index in [-0.39, 0.29) is 18.4 Å². The fraction of sp³-hybridized carbons (Fsp3) is 0.375. The number of benzene rings is 1. The average Bonchev–Trinajstić information content (AvgIpc) is 2.82. The number of aromatic nitrogens is 1. The van der Waals surface area contributed by atoms with Crippen molar-refractivity contribution in [1.29, 1.82) is 0 Å². The van der Waals surface area contributed by atoms with E-state index in [2.05, 4.69) is 5.32 Å². The Bertz CT molecular complexity index is 694. The first kappa shape index (κ1) is 16.4. The number of carbonyl (C=O) groups is 2. The van der Waals surface area contributed by atoms with Crippen molar-refractivity contribution in [2.75, 3.05) is 0 Å². The largest absolute Gasteiger partial charge is 0.480 e. The lowest BCUT2D eigenvalue weighted by Gasteiger charge is -2.17. The highest BCUT2D eigenvalue weighted by molar-refractivity contribution is 6.35. The summed E-state index contributed by atoms with van der Waals surface area (Å²) in [6, 6.07) is 6.46. The molecule has 2 aromatic rings. The zero-order valence-electron chi connectivity index (χ0n) is 12.5. The topological polar surface area (TPSA) is 71.3 Å². The maximum Gasteiger partial charge on any atom is 0.326 e. The van der Waals surface area contributed by atoms with Crippen molar-refractivity contribution in [2.45, 2.75) is 32.9 Å². The van der Waals surface area contributed by atoms with E-state index in [1.165, 1.54) is 0 Å². The maximum atomic E-state index is 12.1. The molecule has 2 rings (SSSR count). The van der Waals surface area contributed by atoms with E-state index >= 15 is 0 Å². The molecule has 0 spiro atoms. The minimum absolute atomic E-state index is 0.0612. The van der Waals surface area contributed by atoms with E-state index in [0.29, 0.717) is 11.4 Å². The van der Waals surface area contributed by atoms with Crippen LogP contribution < -0.4 is 5.32 Å². The van der Waals surface area contributed by atoms with Crippen LogP contribution in [0.15, 0.2) is 30.5 Å². The summed E-state index contributed by atoms with van der Waals surface area (Å²) in [6.07, 6.45) is 2.17. The van der Waals surface area contributed by atoms with Gasteiger partial charge in [-0.3, -0.25) is 4.79 Å². The Balaban J connectivity index is 2.10. The fourth-order valence-electron chi connectivity index (χ4n) is 2.41. The van der Waals surface area contributed by atoms with Gasteiger partial charge in [0.15, 0.2) is 0 Å². The quantitative estimate of drug-likeness (QED) is 0.859. The van der Waals surface area contributed by atoms with Crippen molar-refractivity contribution in [3.63, 3.8) is 0 Å². The third-order valence-electron chi connectivity index (χ3n) is 3.41. The van der Waals surface area contributed by atoms with Gasteiger partial charge in [0.25, 0.3) is 0 Å². The summed E-state index contributed by atoms with van der Waals surface area (Å²) < 4.78 is 1.75. The lowest BCUT2D eigenvalue weighted by Crippen LogP contribution is -2.43.